The van der Waals surface area contributed by atoms with E-state index in [1.165, 1.54) is 13.8 Å². The first-order valence-corrected chi connectivity index (χ1v) is 4.29. The van der Waals surface area contributed by atoms with E-state index >= 15 is 0 Å². The van der Waals surface area contributed by atoms with Gasteiger partial charge in [0.15, 0.2) is 0 Å². The van der Waals surface area contributed by atoms with E-state index in [1.807, 2.05) is 0 Å². The van der Waals surface area contributed by atoms with Crippen LogP contribution in [0.2, 0.25) is 0 Å². The Morgan fingerprint density at radius 3 is 2.21 bits per heavy atom. The van der Waals surface area contributed by atoms with Crippen LogP contribution in [0.1, 0.15) is 20.3 Å². The first-order chi connectivity index (χ1) is 6.30. The van der Waals surface area contributed by atoms with Crippen LogP contribution in [0.5, 0.6) is 0 Å². The fraction of sp³-hybridized carbons (Fsp3) is 0.875. The maximum Gasteiger partial charge on any atom is 0.471 e. The summed E-state index contributed by atoms with van der Waals surface area (Å²) in [4.78, 5) is 11.5. The van der Waals surface area contributed by atoms with Gasteiger partial charge in [-0.3, -0.25) is 4.79 Å². The molecule has 0 aliphatic heterocycles. The third-order valence-corrected chi connectivity index (χ3v) is 1.68. The summed E-state index contributed by atoms with van der Waals surface area (Å²) in [6.07, 6.45) is -4.68. The number of halogens is 3. The molecule has 0 aliphatic carbocycles. The summed E-state index contributed by atoms with van der Waals surface area (Å²) in [5.41, 5.74) is 0. The Morgan fingerprint density at radius 2 is 1.93 bits per heavy atom. The van der Waals surface area contributed by atoms with Gasteiger partial charge in [-0.05, 0) is 20.3 Å². The predicted molar refractivity (Wildman–Crippen MR) is 44.6 cm³/mol. The number of alkyl halides is 3. The average Bonchev–Trinajstić information content (AvgIpc) is 2.02. The van der Waals surface area contributed by atoms with Crippen molar-refractivity contribution in [3.05, 3.63) is 0 Å². The minimum atomic E-state index is -4.83. The molecular weight excluding hydrogens is 199 g/mol. The molecule has 0 aromatic carbocycles. The fourth-order valence-electron chi connectivity index (χ4n) is 0.998. The third-order valence-electron chi connectivity index (χ3n) is 1.68. The summed E-state index contributed by atoms with van der Waals surface area (Å²) in [6.45, 7) is 2.70. The lowest BCUT2D eigenvalue weighted by molar-refractivity contribution is -0.187. The van der Waals surface area contributed by atoms with Crippen molar-refractivity contribution < 1.29 is 23.1 Å². The van der Waals surface area contributed by atoms with Gasteiger partial charge in [0.05, 0.1) is 0 Å². The highest BCUT2D eigenvalue weighted by Crippen LogP contribution is 2.19. The second-order valence-electron chi connectivity index (χ2n) is 3.17. The van der Waals surface area contributed by atoms with Gasteiger partial charge in [0, 0.05) is 19.2 Å². The van der Waals surface area contributed by atoms with E-state index in [4.69, 9.17) is 5.11 Å². The summed E-state index contributed by atoms with van der Waals surface area (Å²) in [5, 5.41) is 8.46. The highest BCUT2D eigenvalue weighted by molar-refractivity contribution is 5.82. The number of hydrogen-bond acceptors (Lipinski definition) is 2. The van der Waals surface area contributed by atoms with Crippen LogP contribution in [0.15, 0.2) is 0 Å². The van der Waals surface area contributed by atoms with Crippen LogP contribution >= 0.6 is 0 Å². The average molecular weight is 213 g/mol. The van der Waals surface area contributed by atoms with Crippen LogP contribution in [0.25, 0.3) is 0 Å². The van der Waals surface area contributed by atoms with Gasteiger partial charge in [-0.15, -0.1) is 0 Å². The van der Waals surface area contributed by atoms with E-state index in [0.29, 0.717) is 4.90 Å². The maximum absolute atomic E-state index is 12.0. The second-order valence-corrected chi connectivity index (χ2v) is 3.17. The molecule has 0 aliphatic rings. The molecule has 0 heterocycles. The number of nitrogens with zero attached hydrogens (tertiary/aromatic N) is 1. The van der Waals surface area contributed by atoms with Gasteiger partial charge in [0.25, 0.3) is 0 Å². The summed E-state index contributed by atoms with van der Waals surface area (Å²) >= 11 is 0. The Kier molecular flexibility index (Phi) is 4.90. The monoisotopic (exact) mass is 213 g/mol. The summed E-state index contributed by atoms with van der Waals surface area (Å²) in [7, 11) is 0. The lowest BCUT2D eigenvalue weighted by Crippen LogP contribution is -2.45. The van der Waals surface area contributed by atoms with E-state index in [1.54, 1.807) is 0 Å². The Labute approximate surface area is 80.5 Å². The zero-order chi connectivity index (χ0) is 11.4. The van der Waals surface area contributed by atoms with Crippen LogP contribution in [-0.4, -0.2) is 41.3 Å². The Balaban J connectivity index is 4.42. The highest BCUT2D eigenvalue weighted by atomic mass is 19.4. The molecule has 0 fully saturated rings. The number of aliphatic hydroxyl groups excluding tert-OH is 1. The normalized spacial score (nSPS) is 11.9. The van der Waals surface area contributed by atoms with Gasteiger partial charge in [-0.2, -0.15) is 13.2 Å². The number of carbonyl (C=O) groups is 1. The molecule has 0 spiro atoms. The molecule has 0 aromatic heterocycles. The molecular formula is C8H14F3NO2. The van der Waals surface area contributed by atoms with Crippen LogP contribution in [-0.2, 0) is 4.79 Å². The first kappa shape index (κ1) is 13.2. The SMILES string of the molecule is CC(C)N(CCCO)C(=O)C(F)(F)F. The number of aliphatic hydroxyl groups is 1. The third kappa shape index (κ3) is 3.95. The fourth-order valence-corrected chi connectivity index (χ4v) is 0.998. The van der Waals surface area contributed by atoms with Crippen LogP contribution in [0.4, 0.5) is 13.2 Å². The molecule has 14 heavy (non-hydrogen) atoms. The topological polar surface area (TPSA) is 40.5 Å². The summed E-state index contributed by atoms with van der Waals surface area (Å²) in [6, 6.07) is -0.518. The molecule has 0 saturated carbocycles. The van der Waals surface area contributed by atoms with Gasteiger partial charge in [0.2, 0.25) is 0 Å². The number of amides is 1. The van der Waals surface area contributed by atoms with Crippen molar-refractivity contribution in [3.8, 4) is 0 Å². The van der Waals surface area contributed by atoms with Crippen molar-refractivity contribution in [2.24, 2.45) is 0 Å². The van der Waals surface area contributed by atoms with Gasteiger partial charge >= 0.3 is 12.1 Å². The number of carbonyl (C=O) groups excluding carboxylic acids is 1. The molecule has 0 radical (unpaired) electrons. The standard InChI is InChI=1S/C8H14F3NO2/c1-6(2)12(4-3-5-13)7(14)8(9,10)11/h6,13H,3-5H2,1-2H3. The first-order valence-electron chi connectivity index (χ1n) is 4.29. The van der Waals surface area contributed by atoms with E-state index < -0.39 is 18.1 Å². The van der Waals surface area contributed by atoms with Crippen molar-refractivity contribution in [1.82, 2.24) is 4.90 Å². The summed E-state index contributed by atoms with van der Waals surface area (Å²) in [5.74, 6) is -1.85. The van der Waals surface area contributed by atoms with Crippen molar-refractivity contribution in [3.63, 3.8) is 0 Å². The van der Waals surface area contributed by atoms with Crippen LogP contribution in [0, 0.1) is 0 Å². The highest BCUT2D eigenvalue weighted by Gasteiger charge is 2.42. The molecule has 6 heteroatoms. The second kappa shape index (κ2) is 5.19. The Bertz CT molecular complexity index is 192. The molecule has 3 nitrogen and oxygen atoms in total. The van der Waals surface area contributed by atoms with E-state index in [2.05, 4.69) is 0 Å². The summed E-state index contributed by atoms with van der Waals surface area (Å²) < 4.78 is 36.1. The molecule has 0 unspecified atom stereocenters. The molecule has 1 N–H and O–H groups in total. The molecule has 0 aromatic rings. The predicted octanol–water partition coefficient (Wildman–Crippen LogP) is 1.17. The van der Waals surface area contributed by atoms with Crippen molar-refractivity contribution >= 4 is 5.91 Å². The zero-order valence-electron chi connectivity index (χ0n) is 8.14. The minimum absolute atomic E-state index is 0.0769. The van der Waals surface area contributed by atoms with Crippen LogP contribution < -0.4 is 0 Å². The molecule has 1 amide bonds. The van der Waals surface area contributed by atoms with Gasteiger partial charge in [0.1, 0.15) is 0 Å². The zero-order valence-corrected chi connectivity index (χ0v) is 8.14. The van der Waals surface area contributed by atoms with E-state index in [0.717, 1.165) is 0 Å². The van der Waals surface area contributed by atoms with Crippen molar-refractivity contribution in [1.29, 1.82) is 0 Å². The maximum atomic E-state index is 12.0. The number of hydrogen-bond donors (Lipinski definition) is 1. The Hall–Kier alpha value is -0.780. The van der Waals surface area contributed by atoms with E-state index in [-0.39, 0.29) is 19.6 Å². The lowest BCUT2D eigenvalue weighted by Gasteiger charge is -2.27. The van der Waals surface area contributed by atoms with Crippen LogP contribution in [0.3, 0.4) is 0 Å². The van der Waals surface area contributed by atoms with Gasteiger partial charge in [-0.1, -0.05) is 0 Å². The molecule has 84 valence electrons. The van der Waals surface area contributed by atoms with E-state index in [9.17, 15) is 18.0 Å². The van der Waals surface area contributed by atoms with Gasteiger partial charge < -0.3 is 10.0 Å². The molecule has 0 saturated heterocycles. The molecule has 0 rings (SSSR count). The van der Waals surface area contributed by atoms with Crippen molar-refractivity contribution in [2.45, 2.75) is 32.5 Å². The molecule has 0 bridgehead atoms. The largest absolute Gasteiger partial charge is 0.471 e. The molecule has 0 atom stereocenters. The Morgan fingerprint density at radius 1 is 1.43 bits per heavy atom. The van der Waals surface area contributed by atoms with Gasteiger partial charge in [-0.25, -0.2) is 0 Å². The quantitative estimate of drug-likeness (QED) is 0.761. The number of rotatable bonds is 4. The van der Waals surface area contributed by atoms with Crippen molar-refractivity contribution in [2.75, 3.05) is 13.2 Å². The smallest absolute Gasteiger partial charge is 0.396 e. The lowest BCUT2D eigenvalue weighted by atomic mass is 10.2. The minimum Gasteiger partial charge on any atom is -0.396 e.